The molecule has 23 heavy (non-hydrogen) atoms. The molecule has 0 aliphatic rings. The van der Waals surface area contributed by atoms with E-state index in [1.807, 2.05) is 41.9 Å². The Labute approximate surface area is 137 Å². The fourth-order valence-corrected chi connectivity index (χ4v) is 3.14. The molecule has 0 amide bonds. The van der Waals surface area contributed by atoms with Crippen LogP contribution in [-0.2, 0) is 12.8 Å². The minimum absolute atomic E-state index is 0.152. The smallest absolute Gasteiger partial charge is 0.191 e. The zero-order valence-electron chi connectivity index (χ0n) is 12.6. The monoisotopic (exact) mass is 328 g/mol. The van der Waals surface area contributed by atoms with Crippen LogP contribution in [0.15, 0.2) is 46.0 Å². The first-order valence-corrected chi connectivity index (χ1v) is 7.93. The molecule has 0 aliphatic carbocycles. The molecule has 0 aliphatic heterocycles. The quantitative estimate of drug-likeness (QED) is 0.666. The summed E-state index contributed by atoms with van der Waals surface area (Å²) in [6.45, 7) is 1.73. The molecule has 1 aromatic carbocycles. The molecular formula is C16H14N3O3S-. The van der Waals surface area contributed by atoms with E-state index in [-0.39, 0.29) is 5.76 Å². The maximum Gasteiger partial charge on any atom is 0.191 e. The van der Waals surface area contributed by atoms with Crippen LogP contribution >= 0.6 is 11.8 Å². The van der Waals surface area contributed by atoms with Crippen molar-refractivity contribution in [2.75, 3.05) is 0 Å². The Morgan fingerprint density at radius 2 is 2.04 bits per heavy atom. The van der Waals surface area contributed by atoms with Gasteiger partial charge in [0.05, 0.1) is 0 Å². The van der Waals surface area contributed by atoms with Gasteiger partial charge in [0.25, 0.3) is 0 Å². The zero-order valence-corrected chi connectivity index (χ0v) is 13.5. The van der Waals surface area contributed by atoms with Crippen LogP contribution in [0.4, 0.5) is 0 Å². The number of carbonyl (C=O) groups is 1. The molecule has 0 saturated heterocycles. The fraction of sp³-hybridized carbons (Fsp3) is 0.188. The summed E-state index contributed by atoms with van der Waals surface area (Å²) in [6, 6.07) is 11.3. The minimum atomic E-state index is -1.31. The highest BCUT2D eigenvalue weighted by Crippen LogP contribution is 2.27. The second kappa shape index (κ2) is 6.29. The van der Waals surface area contributed by atoms with Gasteiger partial charge < -0.3 is 18.9 Å². The van der Waals surface area contributed by atoms with E-state index in [4.69, 9.17) is 4.42 Å². The second-order valence-electron chi connectivity index (χ2n) is 5.00. The minimum Gasteiger partial charge on any atom is -0.542 e. The number of aromatic carboxylic acids is 1. The number of benzene rings is 1. The molecule has 2 heterocycles. The predicted octanol–water partition coefficient (Wildman–Crippen LogP) is 2.04. The molecule has 0 radical (unpaired) electrons. The highest BCUT2D eigenvalue weighted by molar-refractivity contribution is 7.98. The molecule has 0 unspecified atom stereocenters. The number of thioether (sulfide) groups is 1. The summed E-state index contributed by atoms with van der Waals surface area (Å²) in [5.74, 6) is 0.439. The van der Waals surface area contributed by atoms with Crippen molar-refractivity contribution in [3.8, 4) is 11.4 Å². The third kappa shape index (κ3) is 3.14. The van der Waals surface area contributed by atoms with E-state index in [1.165, 1.54) is 17.8 Å². The topological polar surface area (TPSA) is 84.0 Å². The Balaban J connectivity index is 1.77. The molecule has 118 valence electrons. The number of nitrogens with zero attached hydrogens (tertiary/aromatic N) is 3. The van der Waals surface area contributed by atoms with E-state index in [0.29, 0.717) is 11.5 Å². The normalized spacial score (nSPS) is 10.9. The molecule has 0 fully saturated rings. The molecule has 6 nitrogen and oxygen atoms in total. The lowest BCUT2D eigenvalue weighted by Crippen LogP contribution is -2.21. The van der Waals surface area contributed by atoms with Gasteiger partial charge in [-0.05, 0) is 13.0 Å². The second-order valence-corrected chi connectivity index (χ2v) is 5.94. The molecule has 3 aromatic rings. The Hall–Kier alpha value is -2.54. The van der Waals surface area contributed by atoms with E-state index in [9.17, 15) is 9.90 Å². The highest BCUT2D eigenvalue weighted by Gasteiger charge is 2.13. The van der Waals surface area contributed by atoms with E-state index in [1.54, 1.807) is 6.92 Å². The van der Waals surface area contributed by atoms with Crippen LogP contribution < -0.4 is 5.11 Å². The lowest BCUT2D eigenvalue weighted by Gasteiger charge is -2.03. The van der Waals surface area contributed by atoms with Crippen molar-refractivity contribution in [1.82, 2.24) is 14.8 Å². The van der Waals surface area contributed by atoms with Crippen LogP contribution in [0.5, 0.6) is 0 Å². The summed E-state index contributed by atoms with van der Waals surface area (Å²) in [5, 5.41) is 20.0. The van der Waals surface area contributed by atoms with Gasteiger partial charge in [0.15, 0.2) is 11.0 Å². The third-order valence-corrected chi connectivity index (χ3v) is 4.51. The number of furan rings is 1. The predicted molar refractivity (Wildman–Crippen MR) is 83.8 cm³/mol. The molecule has 2 aromatic heterocycles. The number of hydrogen-bond acceptors (Lipinski definition) is 6. The van der Waals surface area contributed by atoms with Gasteiger partial charge in [-0.15, -0.1) is 10.2 Å². The van der Waals surface area contributed by atoms with Crippen molar-refractivity contribution in [3.05, 3.63) is 53.5 Å². The largest absolute Gasteiger partial charge is 0.542 e. The number of rotatable bonds is 5. The average Bonchev–Trinajstić information content (AvgIpc) is 3.09. The number of hydrogen-bond donors (Lipinski definition) is 0. The average molecular weight is 328 g/mol. The Kier molecular flexibility index (Phi) is 4.20. The first kappa shape index (κ1) is 15.4. The van der Waals surface area contributed by atoms with Crippen LogP contribution in [0.1, 0.15) is 21.9 Å². The molecule has 3 rings (SSSR count). The lowest BCUT2D eigenvalue weighted by molar-refractivity contribution is -0.257. The van der Waals surface area contributed by atoms with Crippen LogP contribution in [0.3, 0.4) is 0 Å². The van der Waals surface area contributed by atoms with E-state index in [2.05, 4.69) is 10.2 Å². The number of aromatic nitrogens is 3. The molecule has 0 spiro atoms. The summed E-state index contributed by atoms with van der Waals surface area (Å²) in [5.41, 5.74) is 1.80. The molecular weight excluding hydrogens is 314 g/mol. The molecule has 0 saturated carbocycles. The van der Waals surface area contributed by atoms with Gasteiger partial charge in [0, 0.05) is 23.9 Å². The summed E-state index contributed by atoms with van der Waals surface area (Å²) >= 11 is 1.47. The van der Waals surface area contributed by atoms with Gasteiger partial charge in [-0.3, -0.25) is 0 Å². The molecule has 0 atom stereocenters. The Morgan fingerprint density at radius 3 is 2.70 bits per heavy atom. The van der Waals surface area contributed by atoms with Crippen LogP contribution in [-0.4, -0.2) is 20.7 Å². The zero-order chi connectivity index (χ0) is 16.4. The lowest BCUT2D eigenvalue weighted by atomic mass is 10.2. The highest BCUT2D eigenvalue weighted by atomic mass is 32.2. The first-order valence-electron chi connectivity index (χ1n) is 6.94. The molecule has 7 heteroatoms. The maximum atomic E-state index is 10.8. The molecule has 0 bridgehead atoms. The summed E-state index contributed by atoms with van der Waals surface area (Å²) in [7, 11) is 1.90. The maximum absolute atomic E-state index is 10.8. The summed E-state index contributed by atoms with van der Waals surface area (Å²) in [6.07, 6.45) is 0. The van der Waals surface area contributed by atoms with Gasteiger partial charge in [0.2, 0.25) is 0 Å². The SMILES string of the molecule is Cc1oc(C(=O)[O-])cc1CSc1nnc(-c2ccccc2)n1C. The van der Waals surface area contributed by atoms with Crippen LogP contribution in [0.2, 0.25) is 0 Å². The Bertz CT molecular complexity index is 840. The van der Waals surface area contributed by atoms with Gasteiger partial charge in [-0.25, -0.2) is 0 Å². The molecule has 0 N–H and O–H groups in total. The number of carbonyl (C=O) groups excluding carboxylic acids is 1. The van der Waals surface area contributed by atoms with Crippen molar-refractivity contribution in [1.29, 1.82) is 0 Å². The van der Waals surface area contributed by atoms with Crippen molar-refractivity contribution >= 4 is 17.7 Å². The summed E-state index contributed by atoms with van der Waals surface area (Å²) in [4.78, 5) is 10.8. The van der Waals surface area contributed by atoms with Gasteiger partial charge >= 0.3 is 0 Å². The fourth-order valence-electron chi connectivity index (χ4n) is 2.19. The van der Waals surface area contributed by atoms with E-state index >= 15 is 0 Å². The van der Waals surface area contributed by atoms with E-state index < -0.39 is 5.97 Å². The standard InChI is InChI=1S/C16H15N3O3S/c1-10-12(8-13(22-10)15(20)21)9-23-16-18-17-14(19(16)2)11-6-4-3-5-7-11/h3-8H,9H2,1-2H3,(H,20,21)/p-1. The van der Waals surface area contributed by atoms with Crippen molar-refractivity contribution < 1.29 is 14.3 Å². The van der Waals surface area contributed by atoms with Crippen LogP contribution in [0, 0.1) is 6.92 Å². The first-order chi connectivity index (χ1) is 11.1. The van der Waals surface area contributed by atoms with Crippen molar-refractivity contribution in [2.45, 2.75) is 17.8 Å². The number of aryl methyl sites for hydroxylation is 1. The van der Waals surface area contributed by atoms with E-state index in [0.717, 1.165) is 22.1 Å². The van der Waals surface area contributed by atoms with Gasteiger partial charge in [0.1, 0.15) is 17.5 Å². The van der Waals surface area contributed by atoms with Gasteiger partial charge in [-0.1, -0.05) is 42.1 Å². The third-order valence-electron chi connectivity index (χ3n) is 3.45. The van der Waals surface area contributed by atoms with Crippen LogP contribution in [0.25, 0.3) is 11.4 Å². The number of carboxylic acid groups (broad SMARTS) is 1. The van der Waals surface area contributed by atoms with Crippen molar-refractivity contribution in [2.24, 2.45) is 7.05 Å². The van der Waals surface area contributed by atoms with Gasteiger partial charge in [-0.2, -0.15) is 0 Å². The number of carboxylic acids is 1. The Morgan fingerprint density at radius 1 is 1.30 bits per heavy atom. The summed E-state index contributed by atoms with van der Waals surface area (Å²) < 4.78 is 7.06. The van der Waals surface area contributed by atoms with Crippen molar-refractivity contribution in [3.63, 3.8) is 0 Å².